The van der Waals surface area contributed by atoms with Crippen molar-refractivity contribution in [3.8, 4) is 0 Å². The molecule has 0 bridgehead atoms. The van der Waals surface area contributed by atoms with E-state index in [1.54, 1.807) is 11.0 Å². The Morgan fingerprint density at radius 1 is 1.41 bits per heavy atom. The van der Waals surface area contributed by atoms with Gasteiger partial charge in [0.05, 0.1) is 6.61 Å². The second kappa shape index (κ2) is 5.01. The Balaban J connectivity index is 2.29. The first kappa shape index (κ1) is 11.7. The molecule has 4 nitrogen and oxygen atoms in total. The smallest absolute Gasteiger partial charge is 0.289 e. The number of hydrogen-bond donors (Lipinski definition) is 1. The number of para-hydroxylation sites is 1. The summed E-state index contributed by atoms with van der Waals surface area (Å²) in [4.78, 5) is 13.6. The summed E-state index contributed by atoms with van der Waals surface area (Å²) >= 11 is 0. The van der Waals surface area contributed by atoms with Crippen LogP contribution in [-0.4, -0.2) is 35.6 Å². The molecular weight excluding hydrogens is 218 g/mol. The van der Waals surface area contributed by atoms with Gasteiger partial charge in [0, 0.05) is 18.5 Å². The highest BCUT2D eigenvalue weighted by molar-refractivity contribution is 5.96. The van der Waals surface area contributed by atoms with Gasteiger partial charge in [0.15, 0.2) is 5.76 Å². The van der Waals surface area contributed by atoms with Crippen LogP contribution in [0.3, 0.4) is 0 Å². The summed E-state index contributed by atoms with van der Waals surface area (Å²) in [5.41, 5.74) is 0.705. The van der Waals surface area contributed by atoms with Gasteiger partial charge in [-0.05, 0) is 19.1 Å². The lowest BCUT2D eigenvalue weighted by Crippen LogP contribution is -2.33. The van der Waals surface area contributed by atoms with E-state index in [1.807, 2.05) is 31.2 Å². The number of amides is 1. The Morgan fingerprint density at radius 3 is 2.82 bits per heavy atom. The molecule has 17 heavy (non-hydrogen) atoms. The Bertz CT molecular complexity index is 485. The predicted octanol–water partition coefficient (Wildman–Crippen LogP) is 1.89. The third-order valence-corrected chi connectivity index (χ3v) is 2.68. The molecule has 90 valence electrons. The first-order valence-corrected chi connectivity index (χ1v) is 5.65. The van der Waals surface area contributed by atoms with E-state index in [2.05, 4.69) is 0 Å². The van der Waals surface area contributed by atoms with E-state index in [-0.39, 0.29) is 12.5 Å². The number of rotatable bonds is 4. The van der Waals surface area contributed by atoms with E-state index < -0.39 is 0 Å². The van der Waals surface area contributed by atoms with E-state index in [0.29, 0.717) is 24.4 Å². The zero-order valence-corrected chi connectivity index (χ0v) is 9.72. The monoisotopic (exact) mass is 233 g/mol. The summed E-state index contributed by atoms with van der Waals surface area (Å²) in [6.45, 7) is 2.71. The van der Waals surface area contributed by atoms with Crippen molar-refractivity contribution in [3.05, 3.63) is 36.1 Å². The number of carbonyl (C=O) groups excluding carboxylic acids is 1. The molecule has 2 aromatic rings. The zero-order chi connectivity index (χ0) is 12.3. The maximum atomic E-state index is 12.1. The molecule has 4 heteroatoms. The summed E-state index contributed by atoms with van der Waals surface area (Å²) in [5, 5.41) is 9.79. The van der Waals surface area contributed by atoms with Gasteiger partial charge in [-0.3, -0.25) is 4.79 Å². The quantitative estimate of drug-likeness (QED) is 0.877. The fourth-order valence-electron chi connectivity index (χ4n) is 1.77. The second-order valence-corrected chi connectivity index (χ2v) is 3.76. The maximum Gasteiger partial charge on any atom is 0.289 e. The molecule has 1 heterocycles. The third kappa shape index (κ3) is 2.31. The summed E-state index contributed by atoms with van der Waals surface area (Å²) in [5.74, 6) is 0.138. The summed E-state index contributed by atoms with van der Waals surface area (Å²) in [6.07, 6.45) is 0. The number of fused-ring (bicyclic) bond motifs is 1. The first-order valence-electron chi connectivity index (χ1n) is 5.65. The van der Waals surface area contributed by atoms with Gasteiger partial charge in [0.1, 0.15) is 5.58 Å². The van der Waals surface area contributed by atoms with Crippen LogP contribution >= 0.6 is 0 Å². The van der Waals surface area contributed by atoms with Gasteiger partial charge < -0.3 is 14.4 Å². The highest BCUT2D eigenvalue weighted by Crippen LogP contribution is 2.19. The molecule has 0 spiro atoms. The van der Waals surface area contributed by atoms with Crippen LogP contribution in [0.5, 0.6) is 0 Å². The highest BCUT2D eigenvalue weighted by atomic mass is 16.3. The average Bonchev–Trinajstić information content (AvgIpc) is 2.78. The van der Waals surface area contributed by atoms with Crippen LogP contribution in [0.2, 0.25) is 0 Å². The molecule has 0 aliphatic heterocycles. The number of carbonyl (C=O) groups is 1. The Labute approximate surface area is 99.4 Å². The molecule has 0 aliphatic carbocycles. The number of aliphatic hydroxyl groups excluding tert-OH is 1. The van der Waals surface area contributed by atoms with Gasteiger partial charge in [-0.1, -0.05) is 18.2 Å². The van der Waals surface area contributed by atoms with E-state index in [9.17, 15) is 4.79 Å². The van der Waals surface area contributed by atoms with Crippen molar-refractivity contribution in [3.63, 3.8) is 0 Å². The SMILES string of the molecule is CCN(CCO)C(=O)c1cc2ccccc2o1. The molecule has 0 unspecified atom stereocenters. The topological polar surface area (TPSA) is 53.7 Å². The summed E-state index contributed by atoms with van der Waals surface area (Å²) in [6, 6.07) is 9.23. The third-order valence-electron chi connectivity index (χ3n) is 2.68. The molecule has 0 saturated heterocycles. The molecule has 1 aromatic carbocycles. The highest BCUT2D eigenvalue weighted by Gasteiger charge is 2.17. The van der Waals surface area contributed by atoms with Gasteiger partial charge in [-0.15, -0.1) is 0 Å². The van der Waals surface area contributed by atoms with E-state index >= 15 is 0 Å². The Morgan fingerprint density at radius 2 is 2.18 bits per heavy atom. The van der Waals surface area contributed by atoms with Crippen molar-refractivity contribution < 1.29 is 14.3 Å². The molecule has 1 aromatic heterocycles. The summed E-state index contributed by atoms with van der Waals surface area (Å²) in [7, 11) is 0. The van der Waals surface area contributed by atoms with Crippen molar-refractivity contribution >= 4 is 16.9 Å². The molecule has 0 aliphatic rings. The lowest BCUT2D eigenvalue weighted by molar-refractivity contribution is 0.0702. The van der Waals surface area contributed by atoms with Crippen LogP contribution < -0.4 is 0 Å². The standard InChI is InChI=1S/C13H15NO3/c1-2-14(7-8-15)13(16)12-9-10-5-3-4-6-11(10)17-12/h3-6,9,15H,2,7-8H2,1H3. The van der Waals surface area contributed by atoms with Crippen LogP contribution in [0.15, 0.2) is 34.7 Å². The Kier molecular flexibility index (Phi) is 3.44. The number of hydrogen-bond acceptors (Lipinski definition) is 3. The van der Waals surface area contributed by atoms with Crippen molar-refractivity contribution in [2.75, 3.05) is 19.7 Å². The fraction of sp³-hybridized carbons (Fsp3) is 0.308. The number of furan rings is 1. The van der Waals surface area contributed by atoms with Crippen LogP contribution in [0.25, 0.3) is 11.0 Å². The van der Waals surface area contributed by atoms with E-state index in [4.69, 9.17) is 9.52 Å². The Hall–Kier alpha value is -1.81. The normalized spacial score (nSPS) is 10.7. The van der Waals surface area contributed by atoms with Crippen LogP contribution in [0, 0.1) is 0 Å². The van der Waals surface area contributed by atoms with Gasteiger partial charge in [-0.2, -0.15) is 0 Å². The molecular formula is C13H15NO3. The van der Waals surface area contributed by atoms with Gasteiger partial charge in [-0.25, -0.2) is 0 Å². The lowest BCUT2D eigenvalue weighted by atomic mass is 10.2. The molecule has 0 fully saturated rings. The molecule has 0 saturated carbocycles. The van der Waals surface area contributed by atoms with Gasteiger partial charge in [0.2, 0.25) is 0 Å². The summed E-state index contributed by atoms with van der Waals surface area (Å²) < 4.78 is 5.49. The van der Waals surface area contributed by atoms with Crippen LogP contribution in [0.1, 0.15) is 17.5 Å². The van der Waals surface area contributed by atoms with Crippen LogP contribution in [-0.2, 0) is 0 Å². The maximum absolute atomic E-state index is 12.1. The molecule has 1 N–H and O–H groups in total. The van der Waals surface area contributed by atoms with Gasteiger partial charge >= 0.3 is 0 Å². The number of likely N-dealkylation sites (N-methyl/N-ethyl adjacent to an activating group) is 1. The molecule has 0 radical (unpaired) electrons. The first-order chi connectivity index (χ1) is 8.26. The van der Waals surface area contributed by atoms with E-state index in [0.717, 1.165) is 5.39 Å². The van der Waals surface area contributed by atoms with Gasteiger partial charge in [0.25, 0.3) is 5.91 Å². The number of benzene rings is 1. The largest absolute Gasteiger partial charge is 0.451 e. The fourth-order valence-corrected chi connectivity index (χ4v) is 1.77. The van der Waals surface area contributed by atoms with Crippen molar-refractivity contribution in [2.45, 2.75) is 6.92 Å². The number of nitrogens with zero attached hydrogens (tertiary/aromatic N) is 1. The molecule has 1 amide bonds. The number of aliphatic hydroxyl groups is 1. The minimum Gasteiger partial charge on any atom is -0.451 e. The minimum atomic E-state index is -0.183. The van der Waals surface area contributed by atoms with Crippen molar-refractivity contribution in [1.82, 2.24) is 4.90 Å². The van der Waals surface area contributed by atoms with Crippen molar-refractivity contribution in [2.24, 2.45) is 0 Å². The predicted molar refractivity (Wildman–Crippen MR) is 64.9 cm³/mol. The molecule has 0 atom stereocenters. The van der Waals surface area contributed by atoms with Crippen molar-refractivity contribution in [1.29, 1.82) is 0 Å². The zero-order valence-electron chi connectivity index (χ0n) is 9.72. The lowest BCUT2D eigenvalue weighted by Gasteiger charge is -2.17. The second-order valence-electron chi connectivity index (χ2n) is 3.76. The average molecular weight is 233 g/mol. The van der Waals surface area contributed by atoms with Crippen LogP contribution in [0.4, 0.5) is 0 Å². The van der Waals surface area contributed by atoms with E-state index in [1.165, 1.54) is 0 Å². The molecule has 2 rings (SSSR count). The minimum absolute atomic E-state index is 0.0419.